The third-order valence-electron chi connectivity index (χ3n) is 6.56. The fraction of sp³-hybridized carbons (Fsp3) is 0.536. The minimum absolute atomic E-state index is 0.00450. The number of furan rings is 1. The molecule has 1 fully saturated rings. The topological polar surface area (TPSA) is 106 Å². The molecule has 1 aliphatic rings. The van der Waals surface area contributed by atoms with Crippen LogP contribution in [-0.4, -0.2) is 47.2 Å². The van der Waals surface area contributed by atoms with Gasteiger partial charge in [-0.1, -0.05) is 57.0 Å². The Morgan fingerprint density at radius 2 is 1.86 bits per heavy atom. The second kappa shape index (κ2) is 13.8. The van der Waals surface area contributed by atoms with Gasteiger partial charge in [-0.3, -0.25) is 9.59 Å². The van der Waals surface area contributed by atoms with Gasteiger partial charge in [-0.05, 0) is 52.7 Å². The Morgan fingerprint density at radius 1 is 1.16 bits per heavy atom. The maximum Gasteiger partial charge on any atom is 0.416 e. The van der Waals surface area contributed by atoms with E-state index in [0.717, 1.165) is 35.7 Å². The number of hydrogen-bond donors (Lipinski definition) is 1. The van der Waals surface area contributed by atoms with Crippen LogP contribution in [-0.2, 0) is 31.9 Å². The Hall–Kier alpha value is -2.65. The number of esters is 1. The highest BCUT2D eigenvalue weighted by molar-refractivity contribution is 9.10. The average molecular weight is 579 g/mol. The number of nitrogens with zero attached hydrogens (tertiary/aromatic N) is 1. The van der Waals surface area contributed by atoms with Gasteiger partial charge in [0.25, 0.3) is 0 Å². The number of carbonyl (C=O) groups excluding carboxylic acids is 3. The van der Waals surface area contributed by atoms with E-state index in [0.29, 0.717) is 17.9 Å². The molecule has 0 radical (unpaired) electrons. The molecule has 0 aliphatic carbocycles. The number of carbonyl (C=O) groups is 3. The Balaban J connectivity index is 1.95. The van der Waals surface area contributed by atoms with Gasteiger partial charge in [-0.25, -0.2) is 9.69 Å². The van der Waals surface area contributed by atoms with Gasteiger partial charge in [0.2, 0.25) is 5.91 Å². The zero-order valence-electron chi connectivity index (χ0n) is 21.7. The molecule has 3 unspecified atom stereocenters. The molecule has 2 aromatic rings. The lowest BCUT2D eigenvalue weighted by molar-refractivity contribution is -0.155. The molecule has 2 heterocycles. The summed E-state index contributed by atoms with van der Waals surface area (Å²) in [4.78, 5) is 40.0. The first kappa shape index (κ1) is 28.9. The van der Waals surface area contributed by atoms with Gasteiger partial charge in [-0.15, -0.1) is 0 Å². The zero-order valence-corrected chi connectivity index (χ0v) is 23.2. The molecular weight excluding hydrogens is 542 g/mol. The van der Waals surface area contributed by atoms with Crippen molar-refractivity contribution in [2.75, 3.05) is 13.2 Å². The summed E-state index contributed by atoms with van der Waals surface area (Å²) in [6, 6.07) is 10.7. The molecule has 0 spiro atoms. The first-order valence-electron chi connectivity index (χ1n) is 12.8. The van der Waals surface area contributed by atoms with Crippen molar-refractivity contribution >= 4 is 33.9 Å². The smallest absolute Gasteiger partial charge is 0.416 e. The lowest BCUT2D eigenvalue weighted by Gasteiger charge is -2.30. The van der Waals surface area contributed by atoms with E-state index in [9.17, 15) is 14.4 Å². The monoisotopic (exact) mass is 577 g/mol. The van der Waals surface area contributed by atoms with Gasteiger partial charge in [0.15, 0.2) is 6.10 Å². The van der Waals surface area contributed by atoms with Crippen LogP contribution in [0.4, 0.5) is 4.79 Å². The number of hydrogen-bond acceptors (Lipinski definition) is 7. The zero-order chi connectivity index (χ0) is 26.9. The fourth-order valence-corrected chi connectivity index (χ4v) is 5.06. The maximum atomic E-state index is 14.0. The Kier molecular flexibility index (Phi) is 10.8. The number of amides is 2. The van der Waals surface area contributed by atoms with E-state index in [1.54, 1.807) is 6.07 Å². The quantitative estimate of drug-likeness (QED) is 0.244. The number of aliphatic hydroxyl groups excluding tert-OH is 1. The summed E-state index contributed by atoms with van der Waals surface area (Å²) < 4.78 is 17.8. The number of halogens is 1. The Morgan fingerprint density at radius 3 is 2.51 bits per heavy atom. The van der Waals surface area contributed by atoms with Crippen molar-refractivity contribution in [3.63, 3.8) is 0 Å². The molecule has 0 saturated carbocycles. The molecule has 9 heteroatoms. The summed E-state index contributed by atoms with van der Waals surface area (Å²) in [6.45, 7) is 5.46. The first-order valence-corrected chi connectivity index (χ1v) is 13.6. The number of ether oxygens (including phenoxy) is 2. The van der Waals surface area contributed by atoms with Crippen LogP contribution in [0.1, 0.15) is 69.6 Å². The van der Waals surface area contributed by atoms with Crippen LogP contribution in [0, 0.1) is 11.8 Å². The van der Waals surface area contributed by atoms with Gasteiger partial charge in [0, 0.05) is 20.0 Å². The number of rotatable bonds is 13. The molecule has 0 bridgehead atoms. The number of benzene rings is 1. The molecule has 8 nitrogen and oxygen atoms in total. The predicted molar refractivity (Wildman–Crippen MR) is 141 cm³/mol. The number of unbranched alkanes of at least 4 members (excludes halogenated alkanes) is 3. The highest BCUT2D eigenvalue weighted by Gasteiger charge is 2.46. The van der Waals surface area contributed by atoms with Crippen LogP contribution in [0.15, 0.2) is 45.3 Å². The van der Waals surface area contributed by atoms with Crippen molar-refractivity contribution in [3.05, 3.63) is 58.0 Å². The third-order valence-corrected chi connectivity index (χ3v) is 7.23. The summed E-state index contributed by atoms with van der Waals surface area (Å²) in [7, 11) is 0. The first-order chi connectivity index (χ1) is 17.7. The summed E-state index contributed by atoms with van der Waals surface area (Å²) in [5.74, 6) is -0.894. The fourth-order valence-electron chi connectivity index (χ4n) is 4.56. The summed E-state index contributed by atoms with van der Waals surface area (Å²) in [6.07, 6.45) is 2.67. The normalized spacial score (nSPS) is 17.1. The molecule has 37 heavy (non-hydrogen) atoms. The minimum Gasteiger partial charge on any atom is -0.461 e. The second-order valence-electron chi connectivity index (χ2n) is 9.73. The highest BCUT2D eigenvalue weighted by atomic mass is 79.9. The number of cyclic esters (lactones) is 1. The number of aryl methyl sites for hydroxylation is 1. The number of aliphatic hydroxyl groups is 1. The van der Waals surface area contributed by atoms with E-state index >= 15 is 0 Å². The van der Waals surface area contributed by atoms with E-state index in [-0.39, 0.29) is 25.6 Å². The van der Waals surface area contributed by atoms with Crippen LogP contribution in [0.3, 0.4) is 0 Å². The van der Waals surface area contributed by atoms with E-state index in [1.807, 2.05) is 44.2 Å². The molecule has 1 aromatic carbocycles. The SMILES string of the molecule is CC(=O)OC(c1cc(Br)c(CCCCCCO)o1)C(Cc1ccccc1)C(=O)N1C(=O)OCC1C(C)C. The van der Waals surface area contributed by atoms with E-state index in [2.05, 4.69) is 15.9 Å². The van der Waals surface area contributed by atoms with E-state index in [1.165, 1.54) is 11.8 Å². The van der Waals surface area contributed by atoms with Crippen LogP contribution < -0.4 is 0 Å². The van der Waals surface area contributed by atoms with Crippen LogP contribution in [0.2, 0.25) is 0 Å². The third kappa shape index (κ3) is 7.68. The van der Waals surface area contributed by atoms with Crippen molar-refractivity contribution in [3.8, 4) is 0 Å². The molecule has 1 N–H and O–H groups in total. The van der Waals surface area contributed by atoms with E-state index < -0.39 is 36.0 Å². The number of imide groups is 1. The highest BCUT2D eigenvalue weighted by Crippen LogP contribution is 2.37. The Bertz CT molecular complexity index is 1050. The molecule has 1 saturated heterocycles. The average Bonchev–Trinajstić information content (AvgIpc) is 3.43. The summed E-state index contributed by atoms with van der Waals surface area (Å²) in [5, 5.41) is 8.98. The molecule has 3 rings (SSSR count). The van der Waals surface area contributed by atoms with Gasteiger partial charge < -0.3 is 19.0 Å². The van der Waals surface area contributed by atoms with Crippen LogP contribution in [0.5, 0.6) is 0 Å². The minimum atomic E-state index is -1.04. The van der Waals surface area contributed by atoms with E-state index in [4.69, 9.17) is 19.0 Å². The Labute approximate surface area is 226 Å². The largest absolute Gasteiger partial charge is 0.461 e. The van der Waals surface area contributed by atoms with Gasteiger partial charge in [-0.2, -0.15) is 0 Å². The van der Waals surface area contributed by atoms with Crippen molar-refractivity contribution in [2.24, 2.45) is 11.8 Å². The molecule has 1 aliphatic heterocycles. The van der Waals surface area contributed by atoms with Crippen molar-refractivity contribution in [1.29, 1.82) is 0 Å². The molecule has 2 amide bonds. The van der Waals surface area contributed by atoms with Gasteiger partial charge >= 0.3 is 12.1 Å². The van der Waals surface area contributed by atoms with Gasteiger partial charge in [0.1, 0.15) is 18.1 Å². The lowest BCUT2D eigenvalue weighted by Crippen LogP contribution is -2.47. The maximum absolute atomic E-state index is 14.0. The van der Waals surface area contributed by atoms with Gasteiger partial charge in [0.05, 0.1) is 16.4 Å². The van der Waals surface area contributed by atoms with Crippen molar-refractivity contribution in [1.82, 2.24) is 4.90 Å². The molecule has 1 aromatic heterocycles. The lowest BCUT2D eigenvalue weighted by atomic mass is 9.90. The standard InChI is InChI=1S/C28H36BrNO7/c1-18(2)23-17-35-28(34)30(23)27(33)21(15-20-11-7-6-8-12-20)26(36-19(3)32)25-16-22(29)24(37-25)13-9-4-5-10-14-31/h6-8,11-12,16,18,21,23,26,31H,4-5,9-10,13-15,17H2,1-3H3. The molecule has 3 atom stereocenters. The summed E-state index contributed by atoms with van der Waals surface area (Å²) >= 11 is 3.55. The predicted octanol–water partition coefficient (Wildman–Crippen LogP) is 5.60. The van der Waals surface area contributed by atoms with Crippen LogP contribution in [0.25, 0.3) is 0 Å². The van der Waals surface area contributed by atoms with Crippen molar-refractivity contribution < 1.29 is 33.4 Å². The van der Waals surface area contributed by atoms with Crippen LogP contribution >= 0.6 is 15.9 Å². The molecule has 202 valence electrons. The second-order valence-corrected chi connectivity index (χ2v) is 10.6. The van der Waals surface area contributed by atoms with Crippen molar-refractivity contribution in [2.45, 2.75) is 71.4 Å². The summed E-state index contributed by atoms with van der Waals surface area (Å²) in [5.41, 5.74) is 0.862. The molecular formula is C28H36BrNO7.